The first-order valence-corrected chi connectivity index (χ1v) is 6.01. The van der Waals surface area contributed by atoms with Gasteiger partial charge >= 0.3 is 0 Å². The van der Waals surface area contributed by atoms with Crippen molar-refractivity contribution in [3.05, 3.63) is 29.8 Å². The van der Waals surface area contributed by atoms with E-state index in [-0.39, 0.29) is 5.91 Å². The molecule has 0 aromatic heterocycles. The SMILES string of the molecule is C[C@H]1CN(C(=O)Cc2ccc(N)cc2)CCN1. The molecule has 1 heterocycles. The summed E-state index contributed by atoms with van der Waals surface area (Å²) in [5, 5.41) is 3.33. The van der Waals surface area contributed by atoms with Gasteiger partial charge in [-0.3, -0.25) is 4.79 Å². The number of anilines is 1. The molecule has 92 valence electrons. The Hall–Kier alpha value is -1.55. The average molecular weight is 233 g/mol. The van der Waals surface area contributed by atoms with Crippen LogP contribution in [0, 0.1) is 0 Å². The van der Waals surface area contributed by atoms with Crippen LogP contribution in [0.4, 0.5) is 5.69 Å². The zero-order valence-electron chi connectivity index (χ0n) is 10.1. The summed E-state index contributed by atoms with van der Waals surface area (Å²) in [5.74, 6) is 0.197. The maximum absolute atomic E-state index is 12.1. The van der Waals surface area contributed by atoms with Gasteiger partial charge in [0.25, 0.3) is 0 Å². The summed E-state index contributed by atoms with van der Waals surface area (Å²) in [7, 11) is 0. The van der Waals surface area contributed by atoms with Crippen molar-refractivity contribution in [1.82, 2.24) is 10.2 Å². The predicted molar refractivity (Wildman–Crippen MR) is 68.6 cm³/mol. The molecule has 1 amide bonds. The standard InChI is InChI=1S/C13H19N3O/c1-10-9-16(7-6-15-10)13(17)8-11-2-4-12(14)5-3-11/h2-5,10,15H,6-9,14H2,1H3/t10-/m0/s1. The highest BCUT2D eigenvalue weighted by atomic mass is 16.2. The summed E-state index contributed by atoms with van der Waals surface area (Å²) in [6.07, 6.45) is 0.465. The first-order valence-electron chi connectivity index (χ1n) is 6.01. The maximum atomic E-state index is 12.1. The van der Waals surface area contributed by atoms with Gasteiger partial charge in [-0.1, -0.05) is 12.1 Å². The summed E-state index contributed by atoms with van der Waals surface area (Å²) in [6, 6.07) is 7.89. The Bertz CT molecular complexity index is 388. The minimum absolute atomic E-state index is 0.197. The zero-order chi connectivity index (χ0) is 12.3. The average Bonchev–Trinajstić information content (AvgIpc) is 2.32. The van der Waals surface area contributed by atoms with E-state index in [0.29, 0.717) is 12.5 Å². The van der Waals surface area contributed by atoms with E-state index in [0.717, 1.165) is 30.9 Å². The Kier molecular flexibility index (Phi) is 3.64. The Labute approximate surface area is 102 Å². The lowest BCUT2D eigenvalue weighted by Gasteiger charge is -2.32. The van der Waals surface area contributed by atoms with Crippen LogP contribution < -0.4 is 11.1 Å². The van der Waals surface area contributed by atoms with E-state index in [9.17, 15) is 4.79 Å². The van der Waals surface area contributed by atoms with Crippen LogP contribution in [-0.2, 0) is 11.2 Å². The van der Waals surface area contributed by atoms with Crippen LogP contribution in [0.5, 0.6) is 0 Å². The molecule has 0 bridgehead atoms. The van der Waals surface area contributed by atoms with Crippen molar-refractivity contribution in [3.8, 4) is 0 Å². The number of piperazine rings is 1. The van der Waals surface area contributed by atoms with Crippen molar-refractivity contribution < 1.29 is 4.79 Å². The number of hydrogen-bond donors (Lipinski definition) is 2. The minimum atomic E-state index is 0.197. The number of carbonyl (C=O) groups is 1. The van der Waals surface area contributed by atoms with Gasteiger partial charge in [-0.15, -0.1) is 0 Å². The lowest BCUT2D eigenvalue weighted by atomic mass is 10.1. The molecule has 4 nitrogen and oxygen atoms in total. The number of rotatable bonds is 2. The van der Waals surface area contributed by atoms with Crippen molar-refractivity contribution >= 4 is 11.6 Å². The summed E-state index contributed by atoms with van der Waals surface area (Å²) in [6.45, 7) is 4.59. The number of amides is 1. The molecule has 1 aliphatic heterocycles. The predicted octanol–water partition coefficient (Wildman–Crippen LogP) is 0.632. The molecule has 1 aromatic carbocycles. The number of benzene rings is 1. The number of nitrogens with zero attached hydrogens (tertiary/aromatic N) is 1. The molecule has 0 unspecified atom stereocenters. The monoisotopic (exact) mass is 233 g/mol. The second-order valence-corrected chi connectivity index (χ2v) is 4.61. The molecule has 0 aliphatic carbocycles. The van der Waals surface area contributed by atoms with E-state index in [4.69, 9.17) is 5.73 Å². The van der Waals surface area contributed by atoms with Crippen LogP contribution in [-0.4, -0.2) is 36.5 Å². The molecule has 3 N–H and O–H groups in total. The van der Waals surface area contributed by atoms with Crippen molar-refractivity contribution in [3.63, 3.8) is 0 Å². The highest BCUT2D eigenvalue weighted by Crippen LogP contribution is 2.08. The quantitative estimate of drug-likeness (QED) is 0.737. The smallest absolute Gasteiger partial charge is 0.227 e. The highest BCUT2D eigenvalue weighted by molar-refractivity contribution is 5.79. The Morgan fingerprint density at radius 3 is 2.82 bits per heavy atom. The van der Waals surface area contributed by atoms with E-state index >= 15 is 0 Å². The molecule has 1 aromatic rings. The molecule has 0 radical (unpaired) electrons. The molecule has 1 aliphatic rings. The van der Waals surface area contributed by atoms with Gasteiger partial charge in [0, 0.05) is 31.4 Å². The van der Waals surface area contributed by atoms with Gasteiger partial charge in [0.05, 0.1) is 6.42 Å². The third kappa shape index (κ3) is 3.20. The summed E-state index contributed by atoms with van der Waals surface area (Å²) >= 11 is 0. The van der Waals surface area contributed by atoms with E-state index < -0.39 is 0 Å². The Morgan fingerprint density at radius 1 is 1.47 bits per heavy atom. The van der Waals surface area contributed by atoms with Crippen LogP contribution in [0.2, 0.25) is 0 Å². The summed E-state index contributed by atoms with van der Waals surface area (Å²) in [5.41, 5.74) is 7.37. The van der Waals surface area contributed by atoms with Crippen molar-refractivity contribution in [2.24, 2.45) is 0 Å². The Morgan fingerprint density at radius 2 is 2.18 bits per heavy atom. The topological polar surface area (TPSA) is 58.4 Å². The molecule has 1 saturated heterocycles. The minimum Gasteiger partial charge on any atom is -0.399 e. The van der Waals surface area contributed by atoms with Crippen LogP contribution >= 0.6 is 0 Å². The van der Waals surface area contributed by atoms with Crippen molar-refractivity contribution in [2.75, 3.05) is 25.4 Å². The van der Waals surface area contributed by atoms with Gasteiger partial charge < -0.3 is 16.0 Å². The van der Waals surface area contributed by atoms with Crippen LogP contribution in [0.3, 0.4) is 0 Å². The maximum Gasteiger partial charge on any atom is 0.227 e. The fourth-order valence-corrected chi connectivity index (χ4v) is 2.08. The number of nitrogens with two attached hydrogens (primary N) is 1. The third-order valence-corrected chi connectivity index (χ3v) is 3.06. The molecule has 1 atom stereocenters. The molecular formula is C13H19N3O. The lowest BCUT2D eigenvalue weighted by molar-refractivity contribution is -0.131. The van der Waals surface area contributed by atoms with Crippen molar-refractivity contribution in [1.29, 1.82) is 0 Å². The summed E-state index contributed by atoms with van der Waals surface area (Å²) < 4.78 is 0. The largest absolute Gasteiger partial charge is 0.399 e. The van der Waals surface area contributed by atoms with E-state index in [1.807, 2.05) is 29.2 Å². The van der Waals surface area contributed by atoms with E-state index in [2.05, 4.69) is 12.2 Å². The number of carbonyl (C=O) groups excluding carboxylic acids is 1. The third-order valence-electron chi connectivity index (χ3n) is 3.06. The number of nitrogen functional groups attached to an aromatic ring is 1. The fourth-order valence-electron chi connectivity index (χ4n) is 2.08. The second kappa shape index (κ2) is 5.19. The highest BCUT2D eigenvalue weighted by Gasteiger charge is 2.20. The van der Waals surface area contributed by atoms with Crippen molar-refractivity contribution in [2.45, 2.75) is 19.4 Å². The number of nitrogens with one attached hydrogen (secondary N) is 1. The van der Waals surface area contributed by atoms with Gasteiger partial charge in [-0.25, -0.2) is 0 Å². The van der Waals surface area contributed by atoms with Gasteiger partial charge in [-0.2, -0.15) is 0 Å². The van der Waals surface area contributed by atoms with E-state index in [1.165, 1.54) is 0 Å². The molecule has 4 heteroatoms. The molecule has 2 rings (SSSR count). The lowest BCUT2D eigenvalue weighted by Crippen LogP contribution is -2.51. The Balaban J connectivity index is 1.94. The van der Waals surface area contributed by atoms with Gasteiger partial charge in [0.15, 0.2) is 0 Å². The number of hydrogen-bond acceptors (Lipinski definition) is 3. The summed E-state index contributed by atoms with van der Waals surface area (Å²) in [4.78, 5) is 14.0. The van der Waals surface area contributed by atoms with Crippen LogP contribution in [0.25, 0.3) is 0 Å². The first-order chi connectivity index (χ1) is 8.15. The first kappa shape index (κ1) is 11.9. The molecule has 17 heavy (non-hydrogen) atoms. The van der Waals surface area contributed by atoms with E-state index in [1.54, 1.807) is 0 Å². The van der Waals surface area contributed by atoms with Gasteiger partial charge in [0.1, 0.15) is 0 Å². The molecular weight excluding hydrogens is 214 g/mol. The van der Waals surface area contributed by atoms with Crippen LogP contribution in [0.1, 0.15) is 12.5 Å². The molecule has 0 spiro atoms. The zero-order valence-corrected chi connectivity index (χ0v) is 10.1. The second-order valence-electron chi connectivity index (χ2n) is 4.61. The molecule has 1 fully saturated rings. The normalized spacial score (nSPS) is 20.3. The van der Waals surface area contributed by atoms with Gasteiger partial charge in [0.2, 0.25) is 5.91 Å². The fraction of sp³-hybridized carbons (Fsp3) is 0.462. The van der Waals surface area contributed by atoms with Crippen LogP contribution in [0.15, 0.2) is 24.3 Å². The molecule has 0 saturated carbocycles. The van der Waals surface area contributed by atoms with Gasteiger partial charge in [-0.05, 0) is 24.6 Å².